The highest BCUT2D eigenvalue weighted by atomic mass is 35.5. The second-order valence-corrected chi connectivity index (χ2v) is 11.9. The minimum absolute atomic E-state index is 0.114. The number of ether oxygens (including phenoxy) is 4. The molecule has 2 heterocycles. The van der Waals surface area contributed by atoms with Crippen molar-refractivity contribution in [2.24, 2.45) is 5.10 Å². The molecule has 2 aliphatic rings. The van der Waals surface area contributed by atoms with Crippen molar-refractivity contribution >= 4 is 63.7 Å². The average molecular weight is 696 g/mol. The third-order valence-electron chi connectivity index (χ3n) is 7.87. The number of methoxy groups -OCH3 is 1. The Morgan fingerprint density at radius 2 is 1.62 bits per heavy atom. The first kappa shape index (κ1) is 32.8. The number of esters is 1. The molecular weight excluding hydrogens is 663 g/mol. The molecule has 1 atom stereocenters. The number of anilines is 3. The number of para-hydroxylation sites is 1. The quantitative estimate of drug-likeness (QED) is 0.155. The van der Waals surface area contributed by atoms with E-state index in [2.05, 4.69) is 4.90 Å². The maximum atomic E-state index is 13.5. The van der Waals surface area contributed by atoms with Crippen molar-refractivity contribution in [3.05, 3.63) is 111 Å². The largest absolute Gasteiger partial charge is 0.493 e. The molecule has 0 amide bonds. The monoisotopic (exact) mass is 694 g/mol. The Morgan fingerprint density at radius 1 is 0.872 bits per heavy atom. The fourth-order valence-electron chi connectivity index (χ4n) is 5.59. The SMILES string of the molecule is CCOC(=O)C1=NN(c2ccccc2)C(c2ccc(OCc3c(Cl)cccc3Cl)c(OC)c2)N1c1ccc(N2CCOCC2)c(Cl)c1. The average Bonchev–Trinajstić information content (AvgIpc) is 3.50. The highest BCUT2D eigenvalue weighted by Crippen LogP contribution is 2.43. The molecule has 0 bridgehead atoms. The number of hydrazone groups is 1. The Labute approximate surface area is 288 Å². The summed E-state index contributed by atoms with van der Waals surface area (Å²) in [6, 6.07) is 26.3. The van der Waals surface area contributed by atoms with Crippen LogP contribution in [0.1, 0.15) is 24.2 Å². The van der Waals surface area contributed by atoms with Gasteiger partial charge in [0, 0.05) is 39.9 Å². The van der Waals surface area contributed by atoms with Gasteiger partial charge in [-0.1, -0.05) is 65.1 Å². The predicted octanol–water partition coefficient (Wildman–Crippen LogP) is 7.97. The Morgan fingerprint density at radius 3 is 2.30 bits per heavy atom. The van der Waals surface area contributed by atoms with Crippen molar-refractivity contribution in [3.8, 4) is 11.5 Å². The Hall–Kier alpha value is -4.15. The summed E-state index contributed by atoms with van der Waals surface area (Å²) in [7, 11) is 1.57. The number of carbonyl (C=O) groups excluding carboxylic acids is 1. The second-order valence-electron chi connectivity index (χ2n) is 10.7. The van der Waals surface area contributed by atoms with E-state index in [0.29, 0.717) is 51.0 Å². The van der Waals surface area contributed by atoms with Crippen molar-refractivity contribution in [1.82, 2.24) is 0 Å². The van der Waals surface area contributed by atoms with Crippen LogP contribution in [0.5, 0.6) is 11.5 Å². The number of rotatable bonds is 10. The summed E-state index contributed by atoms with van der Waals surface area (Å²) in [4.78, 5) is 17.5. The van der Waals surface area contributed by atoms with Gasteiger partial charge < -0.3 is 23.8 Å². The van der Waals surface area contributed by atoms with Gasteiger partial charge in [-0.25, -0.2) is 9.80 Å². The summed E-state index contributed by atoms with van der Waals surface area (Å²) in [5.74, 6) is 0.521. The highest BCUT2D eigenvalue weighted by molar-refractivity contribution is 6.42. The summed E-state index contributed by atoms with van der Waals surface area (Å²) in [5.41, 5.74) is 3.76. The maximum absolute atomic E-state index is 13.5. The number of morpholine rings is 1. The van der Waals surface area contributed by atoms with Crippen molar-refractivity contribution in [3.63, 3.8) is 0 Å². The summed E-state index contributed by atoms with van der Waals surface area (Å²) in [6.07, 6.45) is -0.622. The van der Waals surface area contributed by atoms with Gasteiger partial charge in [0.25, 0.3) is 0 Å². The third kappa shape index (κ3) is 6.94. The lowest BCUT2D eigenvalue weighted by Crippen LogP contribution is -2.39. The van der Waals surface area contributed by atoms with E-state index in [0.717, 1.165) is 30.0 Å². The van der Waals surface area contributed by atoms with E-state index in [9.17, 15) is 4.79 Å². The highest BCUT2D eigenvalue weighted by Gasteiger charge is 2.42. The number of nitrogens with zero attached hydrogens (tertiary/aromatic N) is 4. The molecule has 2 aliphatic heterocycles. The molecule has 0 saturated carbocycles. The van der Waals surface area contributed by atoms with E-state index >= 15 is 0 Å². The molecule has 12 heteroatoms. The van der Waals surface area contributed by atoms with Crippen molar-refractivity contribution in [2.45, 2.75) is 19.7 Å². The first-order chi connectivity index (χ1) is 22.9. The van der Waals surface area contributed by atoms with Gasteiger partial charge in [-0.15, -0.1) is 5.10 Å². The van der Waals surface area contributed by atoms with Gasteiger partial charge in [-0.05, 0) is 61.5 Å². The van der Waals surface area contributed by atoms with Crippen LogP contribution in [0, 0.1) is 0 Å². The van der Waals surface area contributed by atoms with Crippen molar-refractivity contribution in [2.75, 3.05) is 54.8 Å². The van der Waals surface area contributed by atoms with E-state index in [4.69, 9.17) is 58.9 Å². The van der Waals surface area contributed by atoms with Gasteiger partial charge in [0.1, 0.15) is 6.61 Å². The summed E-state index contributed by atoms with van der Waals surface area (Å²) >= 11 is 19.7. The number of halogens is 3. The maximum Gasteiger partial charge on any atom is 0.376 e. The van der Waals surface area contributed by atoms with Crippen LogP contribution in [-0.4, -0.2) is 51.8 Å². The fraction of sp³-hybridized carbons (Fsp3) is 0.257. The summed E-state index contributed by atoms with van der Waals surface area (Å²) < 4.78 is 23.0. The van der Waals surface area contributed by atoms with Crippen LogP contribution in [-0.2, 0) is 20.9 Å². The number of hydrogen-bond donors (Lipinski definition) is 0. The normalized spacial score (nSPS) is 16.2. The number of hydrogen-bond acceptors (Lipinski definition) is 9. The molecule has 1 unspecified atom stereocenters. The van der Waals surface area contributed by atoms with Crippen LogP contribution in [0.4, 0.5) is 17.1 Å². The molecular formula is C35H33Cl3N4O5. The molecule has 4 aromatic rings. The van der Waals surface area contributed by atoms with Crippen LogP contribution >= 0.6 is 34.8 Å². The van der Waals surface area contributed by atoms with E-state index < -0.39 is 12.1 Å². The Bertz CT molecular complexity index is 1750. The standard InChI is InChI=1S/C35H33Cl3N4O5/c1-3-46-35(43)33-39-42(24-8-5-4-6-9-24)34(41(33)25-13-14-30(29(38)21-25)40-16-18-45-19-17-40)23-12-15-31(32(20-23)44-2)47-22-26-27(36)10-7-11-28(26)37/h4-15,20-21,34H,3,16-19,22H2,1-2H3. The van der Waals surface area contributed by atoms with Gasteiger partial charge in [-0.2, -0.15) is 0 Å². The zero-order chi connectivity index (χ0) is 32.9. The molecule has 0 aromatic heterocycles. The number of amidine groups is 1. The summed E-state index contributed by atoms with van der Waals surface area (Å²) in [6.45, 7) is 4.82. The van der Waals surface area contributed by atoms with Crippen LogP contribution in [0.25, 0.3) is 0 Å². The van der Waals surface area contributed by atoms with Crippen LogP contribution in [0.2, 0.25) is 15.1 Å². The predicted molar refractivity (Wildman–Crippen MR) is 186 cm³/mol. The molecule has 1 saturated heterocycles. The van der Waals surface area contributed by atoms with Crippen molar-refractivity contribution in [1.29, 1.82) is 0 Å². The van der Waals surface area contributed by atoms with Crippen molar-refractivity contribution < 1.29 is 23.7 Å². The first-order valence-corrected chi connectivity index (χ1v) is 16.3. The molecule has 47 heavy (non-hydrogen) atoms. The molecule has 0 radical (unpaired) electrons. The number of carbonyl (C=O) groups is 1. The lowest BCUT2D eigenvalue weighted by atomic mass is 10.1. The van der Waals surface area contributed by atoms with Gasteiger partial charge in [-0.3, -0.25) is 4.90 Å². The minimum atomic E-state index is -0.622. The lowest BCUT2D eigenvalue weighted by molar-refractivity contribution is -0.135. The minimum Gasteiger partial charge on any atom is -0.493 e. The van der Waals surface area contributed by atoms with Crippen LogP contribution < -0.4 is 24.3 Å². The molecule has 0 N–H and O–H groups in total. The van der Waals surface area contributed by atoms with E-state index in [-0.39, 0.29) is 19.0 Å². The molecule has 4 aromatic carbocycles. The smallest absolute Gasteiger partial charge is 0.376 e. The zero-order valence-corrected chi connectivity index (χ0v) is 28.1. The third-order valence-corrected chi connectivity index (χ3v) is 8.88. The lowest BCUT2D eigenvalue weighted by Gasteiger charge is -2.33. The topological polar surface area (TPSA) is 76.1 Å². The first-order valence-electron chi connectivity index (χ1n) is 15.1. The van der Waals surface area contributed by atoms with E-state index in [1.54, 1.807) is 37.2 Å². The molecule has 0 aliphatic carbocycles. The molecule has 244 valence electrons. The number of benzene rings is 4. The Kier molecular flexibility index (Phi) is 10.3. The van der Waals surface area contributed by atoms with E-state index in [1.165, 1.54) is 0 Å². The van der Waals surface area contributed by atoms with Gasteiger partial charge in [0.05, 0.1) is 43.3 Å². The van der Waals surface area contributed by atoms with Crippen LogP contribution in [0.3, 0.4) is 0 Å². The molecule has 1 fully saturated rings. The molecule has 6 rings (SSSR count). The zero-order valence-electron chi connectivity index (χ0n) is 25.9. The van der Waals surface area contributed by atoms with Crippen LogP contribution in [0.15, 0.2) is 90.0 Å². The van der Waals surface area contributed by atoms with Gasteiger partial charge in [0.15, 0.2) is 17.7 Å². The fourth-order valence-corrected chi connectivity index (χ4v) is 6.39. The summed E-state index contributed by atoms with van der Waals surface area (Å²) in [5, 5.41) is 8.19. The Balaban J connectivity index is 1.42. The van der Waals surface area contributed by atoms with Gasteiger partial charge >= 0.3 is 5.97 Å². The van der Waals surface area contributed by atoms with E-state index in [1.807, 2.05) is 71.6 Å². The van der Waals surface area contributed by atoms with Gasteiger partial charge in [0.2, 0.25) is 5.84 Å². The molecule has 9 nitrogen and oxygen atoms in total. The molecule has 0 spiro atoms. The second kappa shape index (κ2) is 14.7.